The second-order valence-electron chi connectivity index (χ2n) is 10.4. The Balaban J connectivity index is 1.30. The lowest BCUT2D eigenvalue weighted by Crippen LogP contribution is -2.54. The van der Waals surface area contributed by atoms with Gasteiger partial charge in [0.15, 0.2) is 0 Å². The molecule has 3 bridgehead atoms. The van der Waals surface area contributed by atoms with Crippen LogP contribution in [0.2, 0.25) is 0 Å². The maximum atomic E-state index is 15.3. The van der Waals surface area contributed by atoms with E-state index in [1.165, 1.54) is 6.92 Å². The molecule has 5 rings (SSSR count). The molecule has 5 unspecified atom stereocenters. The molecule has 6 nitrogen and oxygen atoms in total. The minimum atomic E-state index is -0.979. The Bertz CT molecular complexity index is 955. The van der Waals surface area contributed by atoms with E-state index in [0.29, 0.717) is 28.4 Å². The minimum absolute atomic E-state index is 0.0537. The van der Waals surface area contributed by atoms with Gasteiger partial charge in [0.05, 0.1) is 17.3 Å². The molecule has 4 fully saturated rings. The number of nitrogens with zero attached hydrogens (tertiary/aromatic N) is 2. The number of alkyl halides is 1. The van der Waals surface area contributed by atoms with Crippen LogP contribution >= 0.6 is 15.9 Å². The van der Waals surface area contributed by atoms with Gasteiger partial charge in [-0.15, -0.1) is 0 Å². The van der Waals surface area contributed by atoms with Gasteiger partial charge in [-0.2, -0.15) is 5.10 Å². The van der Waals surface area contributed by atoms with E-state index in [-0.39, 0.29) is 29.2 Å². The van der Waals surface area contributed by atoms with Crippen LogP contribution in [0.25, 0.3) is 6.20 Å². The highest BCUT2D eigenvalue weighted by Gasteiger charge is 2.77. The molecule has 1 spiro atoms. The molecule has 0 aromatic carbocycles. The SMILES string of the molecule is CC(=O)NC(C)(C)/C=C/n1ncc(C(=O)N[C@H]2C3CC4CC5(F)CC2CC45C3)c1Br. The number of carbonyl (C=O) groups excluding carboxylic acids is 2. The number of halogens is 2. The third kappa shape index (κ3) is 2.82. The molecule has 1 heterocycles. The van der Waals surface area contributed by atoms with Crippen molar-refractivity contribution in [2.45, 2.75) is 70.1 Å². The maximum Gasteiger partial charge on any atom is 0.255 e. The van der Waals surface area contributed by atoms with E-state index in [4.69, 9.17) is 0 Å². The highest BCUT2D eigenvalue weighted by Crippen LogP contribution is 2.78. The summed E-state index contributed by atoms with van der Waals surface area (Å²) in [5.41, 5.74) is -1.12. The van der Waals surface area contributed by atoms with E-state index in [0.717, 1.165) is 25.7 Å². The fourth-order valence-electron chi connectivity index (χ4n) is 7.01. The number of carbonyl (C=O) groups is 2. The molecule has 1 aromatic rings. The first-order valence-electron chi connectivity index (χ1n) is 10.7. The normalized spacial score (nSPS) is 38.6. The van der Waals surface area contributed by atoms with Gasteiger partial charge in [-0.05, 0) is 85.7 Å². The summed E-state index contributed by atoms with van der Waals surface area (Å²) in [4.78, 5) is 24.4. The Morgan fingerprint density at radius 3 is 2.77 bits per heavy atom. The molecule has 4 saturated carbocycles. The summed E-state index contributed by atoms with van der Waals surface area (Å²) in [6, 6.07) is 0.0537. The second kappa shape index (κ2) is 6.40. The molecule has 0 aliphatic heterocycles. The van der Waals surface area contributed by atoms with Crippen molar-refractivity contribution in [2.24, 2.45) is 23.2 Å². The first-order chi connectivity index (χ1) is 14.0. The number of hydrogen-bond acceptors (Lipinski definition) is 3. The van der Waals surface area contributed by atoms with Crippen LogP contribution in [0.1, 0.15) is 63.2 Å². The van der Waals surface area contributed by atoms with Gasteiger partial charge in [-0.1, -0.05) is 0 Å². The highest BCUT2D eigenvalue weighted by molar-refractivity contribution is 9.10. The van der Waals surface area contributed by atoms with Crippen LogP contribution in [-0.2, 0) is 4.79 Å². The average molecular weight is 479 g/mol. The van der Waals surface area contributed by atoms with Crippen molar-refractivity contribution in [1.29, 1.82) is 0 Å². The number of aromatic nitrogens is 2. The summed E-state index contributed by atoms with van der Waals surface area (Å²) in [7, 11) is 0. The Morgan fingerprint density at radius 2 is 2.03 bits per heavy atom. The highest BCUT2D eigenvalue weighted by atomic mass is 79.9. The first kappa shape index (κ1) is 20.2. The van der Waals surface area contributed by atoms with Gasteiger partial charge in [0.2, 0.25) is 5.91 Å². The predicted octanol–water partition coefficient (Wildman–Crippen LogP) is 3.68. The zero-order valence-corrected chi connectivity index (χ0v) is 19.1. The van der Waals surface area contributed by atoms with Crippen molar-refractivity contribution >= 4 is 33.9 Å². The fraction of sp³-hybridized carbons (Fsp3) is 0.682. The molecule has 4 aliphatic carbocycles. The second-order valence-corrected chi connectivity index (χ2v) is 11.2. The molecule has 8 heteroatoms. The largest absolute Gasteiger partial charge is 0.349 e. The van der Waals surface area contributed by atoms with E-state index >= 15 is 4.39 Å². The first-order valence-corrected chi connectivity index (χ1v) is 11.5. The van der Waals surface area contributed by atoms with E-state index < -0.39 is 11.2 Å². The van der Waals surface area contributed by atoms with Crippen molar-refractivity contribution in [3.05, 3.63) is 22.4 Å². The Hall–Kier alpha value is -1.70. The topological polar surface area (TPSA) is 76.0 Å². The van der Waals surface area contributed by atoms with Crippen LogP contribution in [0.4, 0.5) is 4.39 Å². The number of hydrogen-bond donors (Lipinski definition) is 2. The van der Waals surface area contributed by atoms with Crippen LogP contribution in [0.15, 0.2) is 16.9 Å². The van der Waals surface area contributed by atoms with E-state index in [2.05, 4.69) is 31.7 Å². The van der Waals surface area contributed by atoms with Gasteiger partial charge in [-0.3, -0.25) is 9.59 Å². The van der Waals surface area contributed by atoms with E-state index in [9.17, 15) is 9.59 Å². The molecule has 4 aliphatic rings. The van der Waals surface area contributed by atoms with E-state index in [1.54, 1.807) is 17.1 Å². The van der Waals surface area contributed by atoms with Crippen LogP contribution in [0, 0.1) is 23.2 Å². The number of amides is 2. The molecule has 2 amide bonds. The van der Waals surface area contributed by atoms with Crippen LogP contribution < -0.4 is 10.6 Å². The molecule has 30 heavy (non-hydrogen) atoms. The van der Waals surface area contributed by atoms with Crippen molar-refractivity contribution in [1.82, 2.24) is 20.4 Å². The van der Waals surface area contributed by atoms with Crippen molar-refractivity contribution in [3.63, 3.8) is 0 Å². The number of nitrogens with one attached hydrogen (secondary N) is 2. The summed E-state index contributed by atoms with van der Waals surface area (Å²) >= 11 is 3.48. The monoisotopic (exact) mass is 478 g/mol. The third-order valence-corrected chi connectivity index (χ3v) is 8.88. The van der Waals surface area contributed by atoms with Gasteiger partial charge in [-0.25, -0.2) is 9.07 Å². The zero-order valence-electron chi connectivity index (χ0n) is 17.5. The molecule has 162 valence electrons. The number of fused-ring (bicyclic) bond motifs is 2. The number of rotatable bonds is 5. The lowest BCUT2D eigenvalue weighted by atomic mass is 9.54. The zero-order chi connectivity index (χ0) is 21.5. The molecule has 6 atom stereocenters. The summed E-state index contributed by atoms with van der Waals surface area (Å²) in [6.45, 7) is 5.23. The lowest BCUT2D eigenvalue weighted by molar-refractivity contribution is -0.120. The lowest BCUT2D eigenvalue weighted by Gasteiger charge is -2.53. The summed E-state index contributed by atoms with van der Waals surface area (Å²) in [5, 5.41) is 10.4. The van der Waals surface area contributed by atoms with Crippen LogP contribution in [0.5, 0.6) is 0 Å². The van der Waals surface area contributed by atoms with Crippen molar-refractivity contribution in [3.8, 4) is 0 Å². The molecule has 0 saturated heterocycles. The smallest absolute Gasteiger partial charge is 0.255 e. The fourth-order valence-corrected chi connectivity index (χ4v) is 7.50. The van der Waals surface area contributed by atoms with Crippen molar-refractivity contribution in [2.75, 3.05) is 0 Å². The Labute approximate surface area is 184 Å². The summed E-state index contributed by atoms with van der Waals surface area (Å²) in [5.74, 6) is 0.876. The van der Waals surface area contributed by atoms with Gasteiger partial charge >= 0.3 is 0 Å². The van der Waals surface area contributed by atoms with Gasteiger partial charge < -0.3 is 10.6 Å². The van der Waals surface area contributed by atoms with Crippen molar-refractivity contribution < 1.29 is 14.0 Å². The Kier molecular flexibility index (Phi) is 4.32. The third-order valence-electron chi connectivity index (χ3n) is 8.09. The van der Waals surface area contributed by atoms with Gasteiger partial charge in [0.1, 0.15) is 10.3 Å². The molecule has 0 radical (unpaired) electrons. The summed E-state index contributed by atoms with van der Waals surface area (Å²) < 4.78 is 17.4. The summed E-state index contributed by atoms with van der Waals surface area (Å²) in [6.07, 6.45) is 9.33. The molecular weight excluding hydrogens is 451 g/mol. The average Bonchev–Trinajstić information content (AvgIpc) is 3.18. The van der Waals surface area contributed by atoms with Gasteiger partial charge in [0.25, 0.3) is 5.91 Å². The molecule has 1 aromatic heterocycles. The molecular formula is C22H28BrFN4O2. The maximum absolute atomic E-state index is 15.3. The quantitative estimate of drug-likeness (QED) is 0.677. The van der Waals surface area contributed by atoms with Gasteiger partial charge in [0, 0.05) is 24.6 Å². The van der Waals surface area contributed by atoms with Crippen LogP contribution in [-0.4, -0.2) is 38.8 Å². The minimum Gasteiger partial charge on any atom is -0.349 e. The Morgan fingerprint density at radius 1 is 1.30 bits per heavy atom. The molecule has 2 N–H and O–H groups in total. The standard InChI is InChI=1S/C22H28BrFN4O2/c1-12(29)27-20(2,3)4-5-28-18(23)16(11-25-28)19(30)26-17-13-6-15-10-22(24)9-14(17)8-21(15,22)7-13/h4-5,11,13-15,17H,6-10H2,1-3H3,(H,26,30)(H,27,29)/b5-4+/t13?,14?,15?,17-,21?,22?/m0/s1. The predicted molar refractivity (Wildman–Crippen MR) is 114 cm³/mol. The van der Waals surface area contributed by atoms with E-state index in [1.807, 2.05) is 19.9 Å². The van der Waals surface area contributed by atoms with Crippen LogP contribution in [0.3, 0.4) is 0 Å².